The van der Waals surface area contributed by atoms with Crippen molar-refractivity contribution in [2.75, 3.05) is 30.3 Å². The third-order valence-corrected chi connectivity index (χ3v) is 5.98. The lowest BCUT2D eigenvalue weighted by Crippen LogP contribution is -2.12. The predicted molar refractivity (Wildman–Crippen MR) is 89.1 cm³/mol. The molecule has 2 N–H and O–H groups in total. The van der Waals surface area contributed by atoms with Crippen molar-refractivity contribution in [3.63, 3.8) is 0 Å². The Labute approximate surface area is 134 Å². The van der Waals surface area contributed by atoms with Gasteiger partial charge in [-0.05, 0) is 30.7 Å². The van der Waals surface area contributed by atoms with Crippen LogP contribution >= 0.6 is 11.3 Å². The van der Waals surface area contributed by atoms with Crippen molar-refractivity contribution in [3.8, 4) is 0 Å². The number of thiophene rings is 1. The van der Waals surface area contributed by atoms with E-state index in [1.54, 1.807) is 25.3 Å². The lowest BCUT2D eigenvalue weighted by molar-refractivity contribution is 0.210. The molecule has 0 aliphatic carbocycles. The van der Waals surface area contributed by atoms with Crippen LogP contribution in [0.1, 0.15) is 11.8 Å². The second-order valence-corrected chi connectivity index (χ2v) is 7.61. The van der Waals surface area contributed by atoms with E-state index in [4.69, 9.17) is 4.74 Å². The largest absolute Gasteiger partial charge is 0.383 e. The molecule has 0 amide bonds. The molecule has 0 unspecified atom stereocenters. The van der Waals surface area contributed by atoms with Crippen LogP contribution in [0.5, 0.6) is 0 Å². The molecule has 0 bridgehead atoms. The van der Waals surface area contributed by atoms with E-state index in [-0.39, 0.29) is 0 Å². The van der Waals surface area contributed by atoms with Gasteiger partial charge >= 0.3 is 0 Å². The van der Waals surface area contributed by atoms with Gasteiger partial charge in [-0.15, -0.1) is 11.3 Å². The molecule has 0 saturated heterocycles. The Hall–Kier alpha value is -1.64. The van der Waals surface area contributed by atoms with Gasteiger partial charge in [0.05, 0.1) is 18.5 Å². The Morgan fingerprint density at radius 2 is 2.09 bits per heavy atom. The first-order valence-corrected chi connectivity index (χ1v) is 9.15. The summed E-state index contributed by atoms with van der Waals surface area (Å²) in [5.41, 5.74) is 0.434. The molecule has 6 nitrogen and oxygen atoms in total. The molecule has 120 valence electrons. The number of methoxy groups -OCH3 is 1. The number of sulfonamides is 1. The summed E-state index contributed by atoms with van der Waals surface area (Å²) in [6, 6.07) is 6.85. The molecule has 0 aliphatic rings. The van der Waals surface area contributed by atoms with Crippen molar-refractivity contribution in [2.24, 2.45) is 0 Å². The van der Waals surface area contributed by atoms with E-state index in [9.17, 15) is 8.42 Å². The molecular formula is C14H19N3O3S2. The van der Waals surface area contributed by atoms with E-state index in [2.05, 4.69) is 15.0 Å². The summed E-state index contributed by atoms with van der Waals surface area (Å²) in [5.74, 6) is 0.671. The molecule has 8 heteroatoms. The molecule has 0 spiro atoms. The Balaban J connectivity index is 2.03. The number of hydrogen-bond acceptors (Lipinski definition) is 6. The SMILES string of the molecule is CCc1ccc(S(=O)(=O)Nc2ccc(NCCOC)nc2)s1. The molecule has 2 aromatic heterocycles. The highest BCUT2D eigenvalue weighted by molar-refractivity contribution is 7.94. The second-order valence-electron chi connectivity index (χ2n) is 4.53. The van der Waals surface area contributed by atoms with Crippen molar-refractivity contribution in [1.29, 1.82) is 0 Å². The lowest BCUT2D eigenvalue weighted by Gasteiger charge is -2.08. The van der Waals surface area contributed by atoms with Gasteiger partial charge < -0.3 is 10.1 Å². The first-order chi connectivity index (χ1) is 10.5. The topological polar surface area (TPSA) is 80.3 Å². The summed E-state index contributed by atoms with van der Waals surface area (Å²) in [4.78, 5) is 5.20. The molecule has 0 aliphatic heterocycles. The van der Waals surface area contributed by atoms with Gasteiger partial charge in [-0.25, -0.2) is 13.4 Å². The van der Waals surface area contributed by atoms with Crippen LogP contribution in [0.2, 0.25) is 0 Å². The summed E-state index contributed by atoms with van der Waals surface area (Å²) in [6.07, 6.45) is 2.31. The molecule has 0 saturated carbocycles. The quantitative estimate of drug-likeness (QED) is 0.721. The molecule has 22 heavy (non-hydrogen) atoms. The molecule has 2 rings (SSSR count). The average Bonchev–Trinajstić information content (AvgIpc) is 2.99. The van der Waals surface area contributed by atoms with Crippen molar-refractivity contribution >= 4 is 32.9 Å². The number of hydrogen-bond donors (Lipinski definition) is 2. The lowest BCUT2D eigenvalue weighted by atomic mass is 10.4. The summed E-state index contributed by atoms with van der Waals surface area (Å²) >= 11 is 1.28. The molecule has 2 aromatic rings. The number of nitrogens with zero attached hydrogens (tertiary/aromatic N) is 1. The highest BCUT2D eigenvalue weighted by Gasteiger charge is 2.16. The molecule has 0 atom stereocenters. The number of pyridine rings is 1. The van der Waals surface area contributed by atoms with Gasteiger partial charge in [-0.3, -0.25) is 4.72 Å². The maximum absolute atomic E-state index is 12.3. The molecule has 0 aromatic carbocycles. The van der Waals surface area contributed by atoms with Crippen LogP contribution in [-0.2, 0) is 21.2 Å². The minimum atomic E-state index is -3.55. The number of nitrogens with one attached hydrogen (secondary N) is 2. The van der Waals surface area contributed by atoms with Gasteiger partial charge in [0.15, 0.2) is 0 Å². The second kappa shape index (κ2) is 7.57. The summed E-state index contributed by atoms with van der Waals surface area (Å²) in [6.45, 7) is 3.21. The Morgan fingerprint density at radius 3 is 2.68 bits per heavy atom. The van der Waals surface area contributed by atoms with Crippen molar-refractivity contribution in [1.82, 2.24) is 4.98 Å². The van der Waals surface area contributed by atoms with Crippen LogP contribution in [0, 0.1) is 0 Å². The predicted octanol–water partition coefficient (Wildman–Crippen LogP) is 2.56. The van der Waals surface area contributed by atoms with Gasteiger partial charge in [0.1, 0.15) is 10.0 Å². The number of ether oxygens (including phenoxy) is 1. The molecule has 0 fully saturated rings. The van der Waals surface area contributed by atoms with Crippen LogP contribution < -0.4 is 10.0 Å². The highest BCUT2D eigenvalue weighted by Crippen LogP contribution is 2.24. The van der Waals surface area contributed by atoms with Crippen LogP contribution in [-0.4, -0.2) is 33.7 Å². The van der Waals surface area contributed by atoms with E-state index in [0.29, 0.717) is 28.9 Å². The maximum Gasteiger partial charge on any atom is 0.271 e. The standard InChI is InChI=1S/C14H19N3O3S2/c1-3-12-5-7-14(21-12)22(18,19)17-11-4-6-13(16-10-11)15-8-9-20-2/h4-7,10,17H,3,8-9H2,1-2H3,(H,15,16). The first kappa shape index (κ1) is 16.7. The van der Waals surface area contributed by atoms with Gasteiger partial charge in [0.25, 0.3) is 10.0 Å². The monoisotopic (exact) mass is 341 g/mol. The maximum atomic E-state index is 12.3. The summed E-state index contributed by atoms with van der Waals surface area (Å²) < 4.78 is 32.3. The molecule has 0 radical (unpaired) electrons. The van der Waals surface area contributed by atoms with E-state index in [1.807, 2.05) is 13.0 Å². The van der Waals surface area contributed by atoms with Gasteiger partial charge in [-0.1, -0.05) is 6.92 Å². The number of anilines is 2. The first-order valence-electron chi connectivity index (χ1n) is 6.85. The molecule has 2 heterocycles. The zero-order valence-corrected chi connectivity index (χ0v) is 14.1. The summed E-state index contributed by atoms with van der Waals surface area (Å²) in [5, 5.41) is 3.07. The Morgan fingerprint density at radius 1 is 1.27 bits per heavy atom. The highest BCUT2D eigenvalue weighted by atomic mass is 32.2. The van der Waals surface area contributed by atoms with E-state index < -0.39 is 10.0 Å². The average molecular weight is 341 g/mol. The van der Waals surface area contributed by atoms with Crippen LogP contribution in [0.25, 0.3) is 0 Å². The normalized spacial score (nSPS) is 11.4. The Kier molecular flexibility index (Phi) is 5.76. The fraction of sp³-hybridized carbons (Fsp3) is 0.357. The van der Waals surface area contributed by atoms with Gasteiger partial charge in [0.2, 0.25) is 0 Å². The van der Waals surface area contributed by atoms with Gasteiger partial charge in [0, 0.05) is 18.5 Å². The summed E-state index contributed by atoms with van der Waals surface area (Å²) in [7, 11) is -1.92. The third kappa shape index (κ3) is 4.43. The van der Waals surface area contributed by atoms with Crippen molar-refractivity contribution in [3.05, 3.63) is 35.3 Å². The van der Waals surface area contributed by atoms with E-state index >= 15 is 0 Å². The van der Waals surface area contributed by atoms with Crippen LogP contribution in [0.4, 0.5) is 11.5 Å². The number of aryl methyl sites for hydroxylation is 1. The zero-order valence-electron chi connectivity index (χ0n) is 12.5. The number of aromatic nitrogens is 1. The minimum Gasteiger partial charge on any atom is -0.383 e. The van der Waals surface area contributed by atoms with Crippen LogP contribution in [0.15, 0.2) is 34.7 Å². The zero-order chi connectivity index (χ0) is 16.0. The van der Waals surface area contributed by atoms with Crippen LogP contribution in [0.3, 0.4) is 0 Å². The Bertz CT molecular complexity index is 696. The third-order valence-electron chi connectivity index (χ3n) is 2.88. The number of rotatable bonds is 8. The smallest absolute Gasteiger partial charge is 0.271 e. The van der Waals surface area contributed by atoms with Crippen molar-refractivity contribution < 1.29 is 13.2 Å². The fourth-order valence-electron chi connectivity index (χ4n) is 1.74. The minimum absolute atomic E-state index is 0.312. The van der Waals surface area contributed by atoms with E-state index in [0.717, 1.165) is 11.3 Å². The van der Waals surface area contributed by atoms with E-state index in [1.165, 1.54) is 17.5 Å². The molecular weight excluding hydrogens is 322 g/mol. The van der Waals surface area contributed by atoms with Crippen molar-refractivity contribution in [2.45, 2.75) is 17.6 Å². The fourth-order valence-corrected chi connectivity index (χ4v) is 4.08. The van der Waals surface area contributed by atoms with Gasteiger partial charge in [-0.2, -0.15) is 0 Å².